The van der Waals surface area contributed by atoms with E-state index in [4.69, 9.17) is 14.6 Å². The third-order valence-electron chi connectivity index (χ3n) is 3.32. The van der Waals surface area contributed by atoms with Crippen molar-refractivity contribution in [3.05, 3.63) is 60.3 Å². The number of anilines is 1. The van der Waals surface area contributed by atoms with Crippen LogP contribution in [0.1, 0.15) is 17.3 Å². The third kappa shape index (κ3) is 4.70. The summed E-state index contributed by atoms with van der Waals surface area (Å²) >= 11 is 0. The van der Waals surface area contributed by atoms with Crippen LogP contribution in [-0.4, -0.2) is 34.2 Å². The average molecular weight is 354 g/mol. The minimum Gasteiger partial charge on any atom is -0.506 e. The monoisotopic (exact) mass is 354 g/mol. The number of aromatic hydroxyl groups is 1. The molecular weight excluding hydrogens is 336 g/mol. The molecule has 1 aromatic heterocycles. The van der Waals surface area contributed by atoms with Gasteiger partial charge in [-0.1, -0.05) is 18.2 Å². The van der Waals surface area contributed by atoms with Crippen LogP contribution >= 0.6 is 0 Å². The molecule has 26 heavy (non-hydrogen) atoms. The highest BCUT2D eigenvalue weighted by molar-refractivity contribution is 6.09. The van der Waals surface area contributed by atoms with E-state index < -0.39 is 11.9 Å². The Morgan fingerprint density at radius 3 is 2.50 bits per heavy atom. The molecule has 7 heteroatoms. The molecule has 0 aliphatic heterocycles. The summed E-state index contributed by atoms with van der Waals surface area (Å²) in [7, 11) is 1.56. The van der Waals surface area contributed by atoms with E-state index in [2.05, 4.69) is 10.3 Å². The Morgan fingerprint density at radius 1 is 1.12 bits per heavy atom. The van der Waals surface area contributed by atoms with E-state index in [1.54, 1.807) is 49.6 Å². The molecule has 7 nitrogen and oxygen atoms in total. The van der Waals surface area contributed by atoms with Crippen molar-refractivity contribution in [1.29, 1.82) is 0 Å². The van der Waals surface area contributed by atoms with Crippen LogP contribution in [-0.2, 0) is 4.79 Å². The third-order valence-corrected chi connectivity index (χ3v) is 3.32. The molecule has 0 spiro atoms. The predicted molar refractivity (Wildman–Crippen MR) is 97.7 cm³/mol. The van der Waals surface area contributed by atoms with E-state index >= 15 is 0 Å². The standard InChI is InChI=1S/C17H14N2O3.C2H4O2/c1-22-12-6-4-5-11(9-12)19-17(21)14-10-18-15-8-3-2-7-13(15)16(14)20;1-2(3)4/h2-10H,1H3,(H,18,20)(H,19,21);1H3,(H,3,4). The highest BCUT2D eigenvalue weighted by Gasteiger charge is 2.15. The average Bonchev–Trinajstić information content (AvgIpc) is 2.62. The van der Waals surface area contributed by atoms with Crippen LogP contribution in [0.5, 0.6) is 11.5 Å². The maximum atomic E-state index is 12.3. The number of pyridine rings is 1. The smallest absolute Gasteiger partial charge is 0.300 e. The van der Waals surface area contributed by atoms with Crippen LogP contribution in [0.25, 0.3) is 10.9 Å². The number of carboxylic acids is 1. The van der Waals surface area contributed by atoms with Crippen LogP contribution in [0.2, 0.25) is 0 Å². The van der Waals surface area contributed by atoms with Crippen molar-refractivity contribution in [2.45, 2.75) is 6.92 Å². The number of carbonyl (C=O) groups is 2. The number of nitrogens with one attached hydrogen (secondary N) is 1. The maximum Gasteiger partial charge on any atom is 0.300 e. The van der Waals surface area contributed by atoms with Crippen LogP contribution < -0.4 is 10.1 Å². The fourth-order valence-electron chi connectivity index (χ4n) is 2.19. The molecule has 3 rings (SSSR count). The molecule has 0 saturated carbocycles. The summed E-state index contributed by atoms with van der Waals surface area (Å²) in [5.41, 5.74) is 1.34. The number of rotatable bonds is 3. The largest absolute Gasteiger partial charge is 0.506 e. The first-order chi connectivity index (χ1) is 12.4. The normalized spacial score (nSPS) is 9.77. The molecule has 0 bridgehead atoms. The molecule has 0 fully saturated rings. The minimum absolute atomic E-state index is 0.0778. The first kappa shape index (κ1) is 18.7. The Balaban J connectivity index is 0.000000552. The number of carboxylic acid groups (broad SMARTS) is 1. The van der Waals surface area contributed by atoms with Crippen LogP contribution in [0, 0.1) is 0 Å². The molecule has 1 amide bonds. The lowest BCUT2D eigenvalue weighted by Gasteiger charge is -2.09. The lowest BCUT2D eigenvalue weighted by atomic mass is 10.1. The molecule has 0 radical (unpaired) electrons. The Kier molecular flexibility index (Phi) is 6.10. The first-order valence-electron chi connectivity index (χ1n) is 7.64. The second kappa shape index (κ2) is 8.48. The zero-order valence-corrected chi connectivity index (χ0v) is 14.3. The quantitative estimate of drug-likeness (QED) is 0.666. The number of aliphatic carboxylic acids is 1. The van der Waals surface area contributed by atoms with Crippen molar-refractivity contribution in [2.75, 3.05) is 12.4 Å². The Labute approximate surface area is 149 Å². The van der Waals surface area contributed by atoms with Gasteiger partial charge in [-0.05, 0) is 24.3 Å². The molecule has 2 aromatic carbocycles. The minimum atomic E-state index is -0.833. The number of amides is 1. The summed E-state index contributed by atoms with van der Waals surface area (Å²) in [5, 5.41) is 21.0. The molecule has 0 atom stereocenters. The zero-order chi connectivity index (χ0) is 19.1. The van der Waals surface area contributed by atoms with E-state index in [9.17, 15) is 9.90 Å². The zero-order valence-electron chi connectivity index (χ0n) is 14.3. The van der Waals surface area contributed by atoms with Gasteiger partial charge in [0.05, 0.1) is 12.6 Å². The Bertz CT molecular complexity index is 936. The van der Waals surface area contributed by atoms with Gasteiger partial charge in [0.1, 0.15) is 17.1 Å². The molecule has 3 aromatic rings. The number of fused-ring (bicyclic) bond motifs is 1. The maximum absolute atomic E-state index is 12.3. The van der Waals surface area contributed by atoms with E-state index in [1.165, 1.54) is 6.20 Å². The number of methoxy groups -OCH3 is 1. The van der Waals surface area contributed by atoms with E-state index in [0.717, 1.165) is 6.92 Å². The fourth-order valence-corrected chi connectivity index (χ4v) is 2.19. The van der Waals surface area contributed by atoms with Crippen molar-refractivity contribution in [2.24, 2.45) is 0 Å². The first-order valence-corrected chi connectivity index (χ1v) is 7.64. The van der Waals surface area contributed by atoms with E-state index in [1.807, 2.05) is 6.07 Å². The molecule has 0 unspecified atom stereocenters. The second-order valence-corrected chi connectivity index (χ2v) is 5.24. The molecular formula is C19H18N2O5. The van der Waals surface area contributed by atoms with Gasteiger partial charge in [0.25, 0.3) is 11.9 Å². The van der Waals surface area contributed by atoms with Gasteiger partial charge in [0, 0.05) is 30.3 Å². The van der Waals surface area contributed by atoms with Crippen molar-refractivity contribution in [1.82, 2.24) is 4.98 Å². The lowest BCUT2D eigenvalue weighted by molar-refractivity contribution is -0.134. The van der Waals surface area contributed by atoms with Gasteiger partial charge >= 0.3 is 0 Å². The van der Waals surface area contributed by atoms with Crippen LogP contribution in [0.15, 0.2) is 54.7 Å². The van der Waals surface area contributed by atoms with Gasteiger partial charge in [-0.25, -0.2) is 0 Å². The number of benzene rings is 2. The van der Waals surface area contributed by atoms with Gasteiger partial charge in [0.2, 0.25) is 0 Å². The number of hydrogen-bond donors (Lipinski definition) is 3. The number of ether oxygens (including phenoxy) is 1. The molecule has 3 N–H and O–H groups in total. The predicted octanol–water partition coefficient (Wildman–Crippen LogP) is 3.29. The van der Waals surface area contributed by atoms with Crippen molar-refractivity contribution in [3.63, 3.8) is 0 Å². The summed E-state index contributed by atoms with van der Waals surface area (Å²) < 4.78 is 5.11. The summed E-state index contributed by atoms with van der Waals surface area (Å²) in [6, 6.07) is 14.1. The molecule has 0 saturated heterocycles. The van der Waals surface area contributed by atoms with Crippen LogP contribution in [0.4, 0.5) is 5.69 Å². The topological polar surface area (TPSA) is 109 Å². The van der Waals surface area contributed by atoms with Gasteiger partial charge in [-0.15, -0.1) is 0 Å². The lowest BCUT2D eigenvalue weighted by Crippen LogP contribution is -2.12. The SMILES string of the molecule is CC(=O)O.COc1cccc(NC(=O)c2cnc3ccccc3c2O)c1. The van der Waals surface area contributed by atoms with Gasteiger partial charge in [0.15, 0.2) is 0 Å². The number of para-hydroxylation sites is 1. The number of hydrogen-bond acceptors (Lipinski definition) is 5. The number of nitrogens with zero attached hydrogens (tertiary/aromatic N) is 1. The Hall–Kier alpha value is -3.61. The number of aromatic nitrogens is 1. The van der Waals surface area contributed by atoms with E-state index in [-0.39, 0.29) is 11.3 Å². The highest BCUT2D eigenvalue weighted by atomic mass is 16.5. The van der Waals surface area contributed by atoms with Crippen LogP contribution in [0.3, 0.4) is 0 Å². The number of carbonyl (C=O) groups excluding carboxylic acids is 1. The molecule has 1 heterocycles. The fraction of sp³-hybridized carbons (Fsp3) is 0.105. The molecule has 0 aliphatic carbocycles. The van der Waals surface area contributed by atoms with Crippen molar-refractivity contribution < 1.29 is 24.5 Å². The molecule has 134 valence electrons. The van der Waals surface area contributed by atoms with Crippen molar-refractivity contribution >= 4 is 28.5 Å². The summed E-state index contributed by atoms with van der Waals surface area (Å²) in [5.74, 6) is -0.700. The second-order valence-electron chi connectivity index (χ2n) is 5.24. The summed E-state index contributed by atoms with van der Waals surface area (Å²) in [4.78, 5) is 25.5. The van der Waals surface area contributed by atoms with E-state index in [0.29, 0.717) is 22.3 Å². The summed E-state index contributed by atoms with van der Waals surface area (Å²) in [6.07, 6.45) is 1.37. The molecule has 0 aliphatic rings. The Morgan fingerprint density at radius 2 is 1.81 bits per heavy atom. The van der Waals surface area contributed by atoms with Crippen molar-refractivity contribution in [3.8, 4) is 11.5 Å². The van der Waals surface area contributed by atoms with Gasteiger partial charge in [-0.3, -0.25) is 14.6 Å². The van der Waals surface area contributed by atoms with Gasteiger partial charge in [-0.2, -0.15) is 0 Å². The summed E-state index contributed by atoms with van der Waals surface area (Å²) in [6.45, 7) is 1.08. The van der Waals surface area contributed by atoms with Gasteiger partial charge < -0.3 is 20.3 Å². The highest BCUT2D eigenvalue weighted by Crippen LogP contribution is 2.27.